The average molecular weight is 449 g/mol. The molecule has 1 aliphatic heterocycles. The molecule has 0 radical (unpaired) electrons. The minimum atomic E-state index is -0.340. The number of aryl methyl sites for hydroxylation is 1. The summed E-state index contributed by atoms with van der Waals surface area (Å²) in [6, 6.07) is 9.38. The van der Waals surface area contributed by atoms with E-state index in [2.05, 4.69) is 20.4 Å². The number of aromatic nitrogens is 4. The Morgan fingerprint density at radius 1 is 1.19 bits per heavy atom. The van der Waals surface area contributed by atoms with Gasteiger partial charge in [-0.05, 0) is 25.5 Å². The molecule has 9 nitrogen and oxygen atoms in total. The molecule has 0 atom stereocenters. The van der Waals surface area contributed by atoms with Gasteiger partial charge >= 0.3 is 0 Å². The monoisotopic (exact) mass is 448 g/mol. The Hall–Kier alpha value is -3.79. The van der Waals surface area contributed by atoms with Gasteiger partial charge in [-0.1, -0.05) is 29.5 Å². The summed E-state index contributed by atoms with van der Waals surface area (Å²) in [5.41, 5.74) is 3.07. The van der Waals surface area contributed by atoms with Crippen LogP contribution in [0.4, 0.5) is 5.13 Å². The van der Waals surface area contributed by atoms with E-state index in [9.17, 15) is 9.59 Å². The highest BCUT2D eigenvalue weighted by Gasteiger charge is 2.25. The van der Waals surface area contributed by atoms with Gasteiger partial charge in [-0.25, -0.2) is 9.50 Å². The third kappa shape index (κ3) is 3.58. The summed E-state index contributed by atoms with van der Waals surface area (Å²) >= 11 is 1.20. The number of amides is 2. The van der Waals surface area contributed by atoms with Gasteiger partial charge < -0.3 is 9.64 Å². The second-order valence-electron chi connectivity index (χ2n) is 7.43. The molecule has 4 aromatic rings. The fourth-order valence-electron chi connectivity index (χ4n) is 3.53. The Labute approximate surface area is 187 Å². The lowest BCUT2D eigenvalue weighted by Gasteiger charge is -2.29. The summed E-state index contributed by atoms with van der Waals surface area (Å²) in [5.74, 6) is 0.235. The molecule has 1 saturated heterocycles. The van der Waals surface area contributed by atoms with Crippen molar-refractivity contribution in [3.8, 4) is 16.9 Å². The maximum absolute atomic E-state index is 13.1. The van der Waals surface area contributed by atoms with Crippen molar-refractivity contribution in [3.05, 3.63) is 59.7 Å². The highest BCUT2D eigenvalue weighted by atomic mass is 32.1. The zero-order valence-electron chi connectivity index (χ0n) is 17.5. The molecule has 5 rings (SSSR count). The summed E-state index contributed by atoms with van der Waals surface area (Å²) in [6.07, 6.45) is 4.16. The van der Waals surface area contributed by atoms with E-state index in [1.165, 1.54) is 15.9 Å². The highest BCUT2D eigenvalue weighted by Crippen LogP contribution is 2.33. The van der Waals surface area contributed by atoms with Crippen LogP contribution in [-0.4, -0.2) is 56.5 Å². The van der Waals surface area contributed by atoms with Gasteiger partial charge in [0.2, 0.25) is 10.1 Å². The fraction of sp³-hybridized carbons (Fsp3) is 0.227. The predicted octanol–water partition coefficient (Wildman–Crippen LogP) is 3.27. The minimum absolute atomic E-state index is 0.0910. The second kappa shape index (κ2) is 8.04. The average Bonchev–Trinajstić information content (AvgIpc) is 3.31. The van der Waals surface area contributed by atoms with Crippen molar-refractivity contribution >= 4 is 33.2 Å². The van der Waals surface area contributed by atoms with Crippen LogP contribution in [0.15, 0.2) is 42.7 Å². The molecule has 10 heteroatoms. The lowest BCUT2D eigenvalue weighted by Crippen LogP contribution is -2.42. The van der Waals surface area contributed by atoms with E-state index in [0.717, 1.165) is 36.3 Å². The number of nitrogens with one attached hydrogen (secondary N) is 1. The van der Waals surface area contributed by atoms with Gasteiger partial charge in [-0.15, -0.1) is 5.10 Å². The highest BCUT2D eigenvalue weighted by molar-refractivity contribution is 7.20. The number of hydrogen-bond acceptors (Lipinski definition) is 7. The topological polar surface area (TPSA) is 102 Å². The van der Waals surface area contributed by atoms with Crippen LogP contribution in [0.2, 0.25) is 0 Å². The number of para-hydroxylation sites is 1. The van der Waals surface area contributed by atoms with E-state index in [1.807, 2.05) is 37.3 Å². The maximum Gasteiger partial charge on any atom is 0.274 e. The zero-order valence-corrected chi connectivity index (χ0v) is 18.3. The summed E-state index contributed by atoms with van der Waals surface area (Å²) in [6.45, 7) is 3.39. The van der Waals surface area contributed by atoms with Crippen molar-refractivity contribution in [1.82, 2.24) is 24.5 Å². The first-order valence-electron chi connectivity index (χ1n) is 10.1. The lowest BCUT2D eigenvalue weighted by atomic mass is 9.99. The van der Waals surface area contributed by atoms with Crippen LogP contribution in [0.1, 0.15) is 33.0 Å². The fourth-order valence-corrected chi connectivity index (χ4v) is 4.31. The van der Waals surface area contributed by atoms with Crippen molar-refractivity contribution in [1.29, 1.82) is 0 Å². The van der Waals surface area contributed by atoms with Crippen LogP contribution in [0, 0.1) is 6.92 Å². The molecule has 4 heterocycles. The van der Waals surface area contributed by atoms with Gasteiger partial charge in [0.05, 0.1) is 18.9 Å². The molecular weight excluding hydrogens is 428 g/mol. The first-order chi connectivity index (χ1) is 15.5. The second-order valence-corrected chi connectivity index (χ2v) is 8.39. The molecule has 162 valence electrons. The number of carbonyl (C=O) groups is 2. The van der Waals surface area contributed by atoms with Gasteiger partial charge in [-0.3, -0.25) is 19.9 Å². The maximum atomic E-state index is 13.1. The van der Waals surface area contributed by atoms with Gasteiger partial charge in [0.1, 0.15) is 11.4 Å². The number of carbonyl (C=O) groups excluding carboxylic acids is 2. The Kier molecular flexibility index (Phi) is 5.06. The van der Waals surface area contributed by atoms with Crippen molar-refractivity contribution in [2.45, 2.75) is 13.3 Å². The molecule has 0 spiro atoms. The molecule has 1 aliphatic rings. The molecule has 0 saturated carbocycles. The summed E-state index contributed by atoms with van der Waals surface area (Å²) < 4.78 is 6.99. The lowest BCUT2D eigenvalue weighted by molar-refractivity contribution is 0.0646. The number of imidazole rings is 1. The van der Waals surface area contributed by atoms with Gasteiger partial charge in [0.25, 0.3) is 11.8 Å². The number of nitrogens with zero attached hydrogens (tertiary/aromatic N) is 5. The number of benzene rings is 1. The van der Waals surface area contributed by atoms with E-state index in [0.29, 0.717) is 27.1 Å². The Bertz CT molecular complexity index is 1310. The number of likely N-dealkylation sites (tertiary alicyclic amines) is 1. The Morgan fingerprint density at radius 3 is 2.72 bits per heavy atom. The zero-order chi connectivity index (χ0) is 22.2. The van der Waals surface area contributed by atoms with Gasteiger partial charge in [0, 0.05) is 36.1 Å². The largest absolute Gasteiger partial charge is 0.496 e. The summed E-state index contributed by atoms with van der Waals surface area (Å²) in [5, 5.41) is 7.57. The van der Waals surface area contributed by atoms with Crippen LogP contribution in [0.5, 0.6) is 5.75 Å². The van der Waals surface area contributed by atoms with E-state index in [1.54, 1.807) is 24.4 Å². The van der Waals surface area contributed by atoms with Crippen LogP contribution < -0.4 is 10.1 Å². The molecule has 0 unspecified atom stereocenters. The standard InChI is InChI=1S/C22H20N6O3S/c1-13-10-15(14-6-3-4-7-18(14)31-2)16(11-23-13)19(29)25-21-26-28-12-17(24-22(28)32-21)20(30)27-8-5-9-27/h3-4,6-7,10-12H,5,8-9H2,1-2H3,(H,25,26,29). The predicted molar refractivity (Wildman–Crippen MR) is 120 cm³/mol. The van der Waals surface area contributed by atoms with Crippen molar-refractivity contribution < 1.29 is 14.3 Å². The van der Waals surface area contributed by atoms with Crippen molar-refractivity contribution in [2.75, 3.05) is 25.5 Å². The van der Waals surface area contributed by atoms with Crippen molar-refractivity contribution in [3.63, 3.8) is 0 Å². The molecule has 2 amide bonds. The first-order valence-corrected chi connectivity index (χ1v) is 10.9. The van der Waals surface area contributed by atoms with Gasteiger partial charge in [-0.2, -0.15) is 0 Å². The number of hydrogen-bond donors (Lipinski definition) is 1. The SMILES string of the molecule is COc1ccccc1-c1cc(C)ncc1C(=O)Nc1nn2cc(C(=O)N3CCC3)nc2s1. The van der Waals surface area contributed by atoms with Crippen molar-refractivity contribution in [2.24, 2.45) is 0 Å². The van der Waals surface area contributed by atoms with E-state index in [4.69, 9.17) is 4.74 Å². The molecule has 1 fully saturated rings. The normalized spacial score (nSPS) is 13.1. The van der Waals surface area contributed by atoms with E-state index >= 15 is 0 Å². The number of pyridine rings is 1. The van der Waals surface area contributed by atoms with E-state index in [-0.39, 0.29) is 11.8 Å². The van der Waals surface area contributed by atoms with Crippen LogP contribution in [-0.2, 0) is 0 Å². The third-order valence-corrected chi connectivity index (χ3v) is 6.15. The van der Waals surface area contributed by atoms with Crippen LogP contribution in [0.3, 0.4) is 0 Å². The number of methoxy groups -OCH3 is 1. The molecule has 3 aromatic heterocycles. The molecule has 0 aliphatic carbocycles. The minimum Gasteiger partial charge on any atom is -0.496 e. The molecular formula is C22H20N6O3S. The summed E-state index contributed by atoms with van der Waals surface area (Å²) in [4.78, 5) is 36.4. The Morgan fingerprint density at radius 2 is 2.00 bits per heavy atom. The third-order valence-electron chi connectivity index (χ3n) is 5.31. The molecule has 32 heavy (non-hydrogen) atoms. The molecule has 1 aromatic carbocycles. The molecule has 1 N–H and O–H groups in total. The van der Waals surface area contributed by atoms with E-state index < -0.39 is 0 Å². The van der Waals surface area contributed by atoms with Crippen LogP contribution in [0.25, 0.3) is 16.1 Å². The van der Waals surface area contributed by atoms with Gasteiger partial charge in [0.15, 0.2) is 0 Å². The quantitative estimate of drug-likeness (QED) is 0.503. The number of fused-ring (bicyclic) bond motifs is 1. The number of ether oxygens (including phenoxy) is 1. The number of rotatable bonds is 5. The Balaban J connectivity index is 1.42. The summed E-state index contributed by atoms with van der Waals surface area (Å²) in [7, 11) is 1.60. The first kappa shape index (κ1) is 20.1. The number of anilines is 1. The molecule has 0 bridgehead atoms. The van der Waals surface area contributed by atoms with Crippen LogP contribution >= 0.6 is 11.3 Å². The smallest absolute Gasteiger partial charge is 0.274 e.